The van der Waals surface area contributed by atoms with Gasteiger partial charge in [0, 0.05) is 42.5 Å². The van der Waals surface area contributed by atoms with Crippen LogP contribution in [-0.2, 0) is 4.79 Å². The molecule has 0 radical (unpaired) electrons. The molecule has 0 unspecified atom stereocenters. The number of rotatable bonds is 3. The second-order valence-corrected chi connectivity index (χ2v) is 8.34. The van der Waals surface area contributed by atoms with Gasteiger partial charge in [-0.25, -0.2) is 9.97 Å². The van der Waals surface area contributed by atoms with E-state index < -0.39 is 0 Å². The summed E-state index contributed by atoms with van der Waals surface area (Å²) in [6, 6.07) is 12.8. The molecule has 3 heterocycles. The SMILES string of the molecule is CC(=O)N1CCC(Nc2nc(C)c3cc(-c4cccc5n[nH]c(C)c45)ccc3n2)CC1. The van der Waals surface area contributed by atoms with Crippen molar-refractivity contribution in [2.45, 2.75) is 39.7 Å². The van der Waals surface area contributed by atoms with Crippen molar-refractivity contribution in [1.29, 1.82) is 0 Å². The Labute approximate surface area is 180 Å². The Balaban J connectivity index is 1.44. The van der Waals surface area contributed by atoms with Crippen LogP contribution >= 0.6 is 0 Å². The fourth-order valence-electron chi connectivity index (χ4n) is 4.50. The van der Waals surface area contributed by atoms with E-state index in [1.165, 1.54) is 0 Å². The highest BCUT2D eigenvalue weighted by Crippen LogP contribution is 2.32. The first-order chi connectivity index (χ1) is 15.0. The van der Waals surface area contributed by atoms with Crippen molar-refractivity contribution < 1.29 is 4.79 Å². The topological polar surface area (TPSA) is 86.8 Å². The normalized spacial score (nSPS) is 15.0. The first kappa shape index (κ1) is 19.5. The number of aryl methyl sites for hydroxylation is 2. The number of nitrogens with one attached hydrogen (secondary N) is 2. The lowest BCUT2D eigenvalue weighted by Gasteiger charge is -2.31. The molecule has 0 aliphatic carbocycles. The summed E-state index contributed by atoms with van der Waals surface area (Å²) in [5.74, 6) is 0.806. The van der Waals surface area contributed by atoms with Gasteiger partial charge in [0.05, 0.1) is 16.7 Å². The molecule has 7 heteroatoms. The number of nitrogens with zero attached hydrogens (tertiary/aromatic N) is 4. The number of anilines is 1. The van der Waals surface area contributed by atoms with Gasteiger partial charge in [-0.05, 0) is 56.0 Å². The summed E-state index contributed by atoms with van der Waals surface area (Å²) in [7, 11) is 0. The number of fused-ring (bicyclic) bond motifs is 2. The molecule has 1 aliphatic rings. The summed E-state index contributed by atoms with van der Waals surface area (Å²) in [6.07, 6.45) is 1.82. The van der Waals surface area contributed by atoms with Crippen molar-refractivity contribution >= 4 is 33.7 Å². The van der Waals surface area contributed by atoms with Crippen LogP contribution in [0.25, 0.3) is 32.9 Å². The third-order valence-corrected chi connectivity index (χ3v) is 6.23. The molecule has 158 valence electrons. The minimum atomic E-state index is 0.147. The fraction of sp³-hybridized carbons (Fsp3) is 0.333. The molecule has 0 bridgehead atoms. The number of amides is 1. The molecule has 2 aromatic heterocycles. The molecule has 1 aliphatic heterocycles. The number of carbonyl (C=O) groups excluding carboxylic acids is 1. The van der Waals surface area contributed by atoms with E-state index in [9.17, 15) is 4.79 Å². The number of aromatic amines is 1. The Morgan fingerprint density at radius 1 is 1.10 bits per heavy atom. The van der Waals surface area contributed by atoms with Gasteiger partial charge >= 0.3 is 0 Å². The van der Waals surface area contributed by atoms with E-state index in [0.717, 1.165) is 70.3 Å². The second kappa shape index (κ2) is 7.65. The molecule has 0 spiro atoms. The molecule has 1 saturated heterocycles. The van der Waals surface area contributed by atoms with Gasteiger partial charge < -0.3 is 10.2 Å². The average molecular weight is 415 g/mol. The predicted molar refractivity (Wildman–Crippen MR) is 123 cm³/mol. The van der Waals surface area contributed by atoms with Crippen molar-refractivity contribution in [3.63, 3.8) is 0 Å². The Kier molecular flexibility index (Phi) is 4.81. The van der Waals surface area contributed by atoms with Crippen molar-refractivity contribution in [3.8, 4) is 11.1 Å². The second-order valence-electron chi connectivity index (χ2n) is 8.34. The minimum Gasteiger partial charge on any atom is -0.351 e. The summed E-state index contributed by atoms with van der Waals surface area (Å²) in [4.78, 5) is 22.9. The highest BCUT2D eigenvalue weighted by atomic mass is 16.2. The predicted octanol–water partition coefficient (Wildman–Crippen LogP) is 4.21. The van der Waals surface area contributed by atoms with Crippen molar-refractivity contribution in [2.24, 2.45) is 0 Å². The Morgan fingerprint density at radius 3 is 2.68 bits per heavy atom. The molecule has 7 nitrogen and oxygen atoms in total. The fourth-order valence-corrected chi connectivity index (χ4v) is 4.50. The van der Waals surface area contributed by atoms with E-state index in [2.05, 4.69) is 39.8 Å². The van der Waals surface area contributed by atoms with E-state index in [0.29, 0.717) is 5.95 Å². The van der Waals surface area contributed by atoms with Crippen LogP contribution in [0.5, 0.6) is 0 Å². The zero-order chi connectivity index (χ0) is 21.5. The zero-order valence-electron chi connectivity index (χ0n) is 18.1. The summed E-state index contributed by atoms with van der Waals surface area (Å²) in [5, 5.41) is 13.1. The lowest BCUT2D eigenvalue weighted by Crippen LogP contribution is -2.41. The van der Waals surface area contributed by atoms with Crippen LogP contribution in [0.2, 0.25) is 0 Å². The standard InChI is InChI=1S/C24H26N6O/c1-14-20-13-17(19-5-4-6-22-23(19)15(2)28-29-22)7-8-21(20)27-24(25-14)26-18-9-11-30(12-10-18)16(3)31/h4-8,13,18H,9-12H2,1-3H3,(H,28,29)(H,25,26,27). The van der Waals surface area contributed by atoms with Crippen molar-refractivity contribution in [1.82, 2.24) is 25.1 Å². The molecule has 2 aromatic carbocycles. The van der Waals surface area contributed by atoms with Crippen molar-refractivity contribution in [3.05, 3.63) is 47.8 Å². The number of hydrogen-bond donors (Lipinski definition) is 2. The van der Waals surface area contributed by atoms with E-state index in [-0.39, 0.29) is 11.9 Å². The summed E-state index contributed by atoms with van der Waals surface area (Å²) in [5.41, 5.74) is 6.20. The molecule has 0 atom stereocenters. The smallest absolute Gasteiger partial charge is 0.223 e. The van der Waals surface area contributed by atoms with Gasteiger partial charge in [-0.3, -0.25) is 9.89 Å². The van der Waals surface area contributed by atoms with Crippen LogP contribution in [0.15, 0.2) is 36.4 Å². The Morgan fingerprint density at radius 2 is 1.90 bits per heavy atom. The summed E-state index contributed by atoms with van der Waals surface area (Å²) < 4.78 is 0. The van der Waals surface area contributed by atoms with Crippen LogP contribution in [0.4, 0.5) is 5.95 Å². The molecule has 5 rings (SSSR count). The average Bonchev–Trinajstić information content (AvgIpc) is 3.15. The molecular weight excluding hydrogens is 388 g/mol. The van der Waals surface area contributed by atoms with Crippen LogP contribution in [0.3, 0.4) is 0 Å². The Hall–Kier alpha value is -3.48. The number of H-pyrrole nitrogens is 1. The molecule has 2 N–H and O–H groups in total. The van der Waals surface area contributed by atoms with E-state index in [4.69, 9.17) is 9.97 Å². The quantitative estimate of drug-likeness (QED) is 0.524. The molecule has 0 saturated carbocycles. The van der Waals surface area contributed by atoms with E-state index >= 15 is 0 Å². The van der Waals surface area contributed by atoms with Crippen LogP contribution in [0, 0.1) is 13.8 Å². The third-order valence-electron chi connectivity index (χ3n) is 6.23. The van der Waals surface area contributed by atoms with Crippen LogP contribution < -0.4 is 5.32 Å². The minimum absolute atomic E-state index is 0.147. The molecule has 1 amide bonds. The van der Waals surface area contributed by atoms with Gasteiger partial charge in [-0.15, -0.1) is 0 Å². The monoisotopic (exact) mass is 414 g/mol. The highest BCUT2D eigenvalue weighted by molar-refractivity contribution is 5.98. The lowest BCUT2D eigenvalue weighted by atomic mass is 9.98. The molecular formula is C24H26N6O. The largest absolute Gasteiger partial charge is 0.351 e. The summed E-state index contributed by atoms with van der Waals surface area (Å²) >= 11 is 0. The van der Waals surface area contributed by atoms with Gasteiger partial charge in [-0.1, -0.05) is 18.2 Å². The highest BCUT2D eigenvalue weighted by Gasteiger charge is 2.21. The van der Waals surface area contributed by atoms with E-state index in [1.54, 1.807) is 6.92 Å². The number of aromatic nitrogens is 4. The molecule has 4 aromatic rings. The maximum absolute atomic E-state index is 11.5. The van der Waals surface area contributed by atoms with Crippen LogP contribution in [0.1, 0.15) is 31.2 Å². The van der Waals surface area contributed by atoms with Gasteiger partial charge in [0.15, 0.2) is 0 Å². The molecule has 1 fully saturated rings. The van der Waals surface area contributed by atoms with Gasteiger partial charge in [0.25, 0.3) is 0 Å². The van der Waals surface area contributed by atoms with E-state index in [1.807, 2.05) is 30.9 Å². The molecule has 31 heavy (non-hydrogen) atoms. The van der Waals surface area contributed by atoms with Gasteiger partial charge in [0.2, 0.25) is 11.9 Å². The maximum Gasteiger partial charge on any atom is 0.223 e. The third kappa shape index (κ3) is 3.60. The summed E-state index contributed by atoms with van der Waals surface area (Å²) in [6.45, 7) is 7.27. The number of piperidine rings is 1. The van der Waals surface area contributed by atoms with Gasteiger partial charge in [-0.2, -0.15) is 5.10 Å². The first-order valence-electron chi connectivity index (χ1n) is 10.7. The number of benzene rings is 2. The Bertz CT molecular complexity index is 1290. The number of hydrogen-bond acceptors (Lipinski definition) is 5. The number of likely N-dealkylation sites (tertiary alicyclic amines) is 1. The van der Waals surface area contributed by atoms with Crippen molar-refractivity contribution in [2.75, 3.05) is 18.4 Å². The number of carbonyl (C=O) groups is 1. The van der Waals surface area contributed by atoms with Gasteiger partial charge in [0.1, 0.15) is 0 Å². The first-order valence-corrected chi connectivity index (χ1v) is 10.7. The lowest BCUT2D eigenvalue weighted by molar-refractivity contribution is -0.129. The maximum atomic E-state index is 11.5. The van der Waals surface area contributed by atoms with Crippen LogP contribution in [-0.4, -0.2) is 50.1 Å². The zero-order valence-corrected chi connectivity index (χ0v) is 18.1.